The van der Waals surface area contributed by atoms with Gasteiger partial charge in [0.25, 0.3) is 0 Å². The highest BCUT2D eigenvalue weighted by atomic mass is 32.2. The molecule has 2 rings (SSSR count). The monoisotopic (exact) mass is 312 g/mol. The van der Waals surface area contributed by atoms with Gasteiger partial charge in [-0.15, -0.1) is 0 Å². The van der Waals surface area contributed by atoms with Gasteiger partial charge in [-0.25, -0.2) is 0 Å². The molecular weight excluding hydrogens is 284 g/mol. The van der Waals surface area contributed by atoms with Crippen LogP contribution < -0.4 is 5.32 Å². The third kappa shape index (κ3) is 2.94. The topological polar surface area (TPSA) is 49.4 Å². The lowest BCUT2D eigenvalue weighted by atomic mass is 9.82. The second-order valence-electron chi connectivity index (χ2n) is 6.57. The lowest BCUT2D eigenvalue weighted by Crippen LogP contribution is -2.74. The SMILES string of the molecule is CCSCCCN1C(=O)C(C)(CC)NC(=O)C1(C)C1CC1. The number of thioether (sulfide) groups is 1. The molecule has 5 heteroatoms. The Morgan fingerprint density at radius 1 is 1.29 bits per heavy atom. The van der Waals surface area contributed by atoms with Gasteiger partial charge in [0.05, 0.1) is 0 Å². The molecule has 2 amide bonds. The number of rotatable bonds is 7. The van der Waals surface area contributed by atoms with Crippen LogP contribution in [-0.4, -0.2) is 45.8 Å². The van der Waals surface area contributed by atoms with Crippen molar-refractivity contribution in [2.45, 2.75) is 64.5 Å². The Morgan fingerprint density at radius 3 is 2.48 bits per heavy atom. The maximum atomic E-state index is 12.9. The van der Waals surface area contributed by atoms with E-state index >= 15 is 0 Å². The molecule has 2 fully saturated rings. The molecule has 0 aromatic rings. The third-order valence-corrected chi connectivity index (χ3v) is 6.07. The van der Waals surface area contributed by atoms with Gasteiger partial charge in [0, 0.05) is 6.54 Å². The molecule has 1 heterocycles. The summed E-state index contributed by atoms with van der Waals surface area (Å²) in [6, 6.07) is 0. The first kappa shape index (κ1) is 16.7. The molecule has 2 atom stereocenters. The molecule has 2 aliphatic rings. The van der Waals surface area contributed by atoms with E-state index in [0.29, 0.717) is 18.9 Å². The number of hydrogen-bond acceptors (Lipinski definition) is 3. The Bertz CT molecular complexity index is 425. The van der Waals surface area contributed by atoms with Gasteiger partial charge < -0.3 is 10.2 Å². The summed E-state index contributed by atoms with van der Waals surface area (Å²) in [5.74, 6) is 2.62. The predicted octanol–water partition coefficient (Wildman–Crippen LogP) is 2.43. The van der Waals surface area contributed by atoms with Gasteiger partial charge in [-0.3, -0.25) is 9.59 Å². The average Bonchev–Trinajstić information content (AvgIpc) is 3.29. The van der Waals surface area contributed by atoms with E-state index in [1.54, 1.807) is 0 Å². The minimum absolute atomic E-state index is 0.0390. The van der Waals surface area contributed by atoms with Gasteiger partial charge in [-0.2, -0.15) is 11.8 Å². The third-order valence-electron chi connectivity index (χ3n) is 5.08. The zero-order valence-electron chi connectivity index (χ0n) is 13.7. The number of piperazine rings is 1. The molecule has 1 saturated carbocycles. The summed E-state index contributed by atoms with van der Waals surface area (Å²) in [4.78, 5) is 27.5. The van der Waals surface area contributed by atoms with Crippen LogP contribution in [-0.2, 0) is 9.59 Å². The van der Waals surface area contributed by atoms with Crippen molar-refractivity contribution in [2.75, 3.05) is 18.1 Å². The zero-order chi connectivity index (χ0) is 15.7. The normalized spacial score (nSPS) is 33.2. The van der Waals surface area contributed by atoms with E-state index in [1.807, 2.05) is 37.4 Å². The van der Waals surface area contributed by atoms with Crippen molar-refractivity contribution >= 4 is 23.6 Å². The van der Waals surface area contributed by atoms with Crippen LogP contribution in [0.2, 0.25) is 0 Å². The highest BCUT2D eigenvalue weighted by Crippen LogP contribution is 2.46. The number of nitrogens with zero attached hydrogens (tertiary/aromatic N) is 1. The number of amides is 2. The fraction of sp³-hybridized carbons (Fsp3) is 0.875. The van der Waals surface area contributed by atoms with Crippen molar-refractivity contribution in [3.63, 3.8) is 0 Å². The average molecular weight is 312 g/mol. The van der Waals surface area contributed by atoms with Crippen LogP contribution in [0.4, 0.5) is 0 Å². The van der Waals surface area contributed by atoms with Crippen molar-refractivity contribution in [3.05, 3.63) is 0 Å². The van der Waals surface area contributed by atoms with Crippen molar-refractivity contribution in [3.8, 4) is 0 Å². The maximum Gasteiger partial charge on any atom is 0.248 e. The Labute approximate surface area is 132 Å². The first-order valence-electron chi connectivity index (χ1n) is 8.12. The van der Waals surface area contributed by atoms with Gasteiger partial charge in [-0.1, -0.05) is 13.8 Å². The molecular formula is C16H28N2O2S. The van der Waals surface area contributed by atoms with Crippen LogP contribution in [0.3, 0.4) is 0 Å². The fourth-order valence-corrected chi connectivity index (χ4v) is 3.78. The molecule has 4 nitrogen and oxygen atoms in total. The van der Waals surface area contributed by atoms with Crippen LogP contribution in [0.15, 0.2) is 0 Å². The van der Waals surface area contributed by atoms with E-state index < -0.39 is 11.1 Å². The molecule has 0 bridgehead atoms. The highest BCUT2D eigenvalue weighted by molar-refractivity contribution is 7.99. The second-order valence-corrected chi connectivity index (χ2v) is 7.96. The molecule has 0 aromatic carbocycles. The predicted molar refractivity (Wildman–Crippen MR) is 87.3 cm³/mol. The summed E-state index contributed by atoms with van der Waals surface area (Å²) in [5.41, 5.74) is -1.37. The van der Waals surface area contributed by atoms with Crippen LogP contribution in [0.5, 0.6) is 0 Å². The molecule has 2 unspecified atom stereocenters. The quantitative estimate of drug-likeness (QED) is 0.735. The second kappa shape index (κ2) is 6.19. The van der Waals surface area contributed by atoms with Gasteiger partial charge in [0.15, 0.2) is 0 Å². The van der Waals surface area contributed by atoms with Gasteiger partial charge >= 0.3 is 0 Å². The van der Waals surface area contributed by atoms with Gasteiger partial charge in [-0.05, 0) is 57.0 Å². The van der Waals surface area contributed by atoms with Crippen LogP contribution >= 0.6 is 11.8 Å². The van der Waals surface area contributed by atoms with E-state index in [0.717, 1.165) is 30.8 Å². The summed E-state index contributed by atoms with van der Waals surface area (Å²) < 4.78 is 0. The Hall–Kier alpha value is -0.710. The molecule has 0 aromatic heterocycles. The highest BCUT2D eigenvalue weighted by Gasteiger charge is 2.59. The Balaban J connectivity index is 2.19. The number of carbonyl (C=O) groups excluding carboxylic acids is 2. The fourth-order valence-electron chi connectivity index (χ4n) is 3.16. The summed E-state index contributed by atoms with van der Waals surface area (Å²) in [6.45, 7) is 8.62. The van der Waals surface area contributed by atoms with Crippen molar-refractivity contribution in [2.24, 2.45) is 5.92 Å². The van der Waals surface area contributed by atoms with E-state index in [9.17, 15) is 9.59 Å². The minimum atomic E-state index is -0.733. The number of carbonyl (C=O) groups is 2. The summed E-state index contributed by atoms with van der Waals surface area (Å²) in [7, 11) is 0. The number of hydrogen-bond donors (Lipinski definition) is 1. The van der Waals surface area contributed by atoms with Crippen molar-refractivity contribution in [1.82, 2.24) is 10.2 Å². The first-order valence-corrected chi connectivity index (χ1v) is 9.28. The summed E-state index contributed by atoms with van der Waals surface area (Å²) in [6.07, 6.45) is 3.71. The molecule has 120 valence electrons. The molecule has 1 aliphatic carbocycles. The van der Waals surface area contributed by atoms with E-state index in [1.165, 1.54) is 0 Å². The van der Waals surface area contributed by atoms with E-state index in [2.05, 4.69) is 12.2 Å². The van der Waals surface area contributed by atoms with E-state index in [-0.39, 0.29) is 11.8 Å². The van der Waals surface area contributed by atoms with E-state index in [4.69, 9.17) is 0 Å². The van der Waals surface area contributed by atoms with Crippen molar-refractivity contribution < 1.29 is 9.59 Å². The Kier molecular flexibility index (Phi) is 4.91. The smallest absolute Gasteiger partial charge is 0.248 e. The van der Waals surface area contributed by atoms with Crippen LogP contribution in [0.1, 0.15) is 53.4 Å². The zero-order valence-corrected chi connectivity index (χ0v) is 14.5. The minimum Gasteiger partial charge on any atom is -0.340 e. The molecule has 0 spiro atoms. The standard InChI is InChI=1S/C16H28N2O2S/c1-5-15(3)14(20)18(10-7-11-21-6-2)16(4,12-8-9-12)13(19)17-15/h12H,5-11H2,1-4H3,(H,17,19). The molecule has 21 heavy (non-hydrogen) atoms. The molecule has 1 N–H and O–H groups in total. The maximum absolute atomic E-state index is 12.9. The molecule has 1 saturated heterocycles. The summed E-state index contributed by atoms with van der Waals surface area (Å²) >= 11 is 1.89. The molecule has 0 radical (unpaired) electrons. The lowest BCUT2D eigenvalue weighted by molar-refractivity contribution is -0.163. The van der Waals surface area contributed by atoms with Crippen LogP contribution in [0.25, 0.3) is 0 Å². The van der Waals surface area contributed by atoms with Gasteiger partial charge in [0.2, 0.25) is 11.8 Å². The van der Waals surface area contributed by atoms with Crippen molar-refractivity contribution in [1.29, 1.82) is 0 Å². The molecule has 1 aliphatic heterocycles. The first-order chi connectivity index (χ1) is 9.90. The summed E-state index contributed by atoms with van der Waals surface area (Å²) in [5, 5.41) is 3.00. The van der Waals surface area contributed by atoms with Gasteiger partial charge in [0.1, 0.15) is 11.1 Å². The Morgan fingerprint density at radius 2 is 1.95 bits per heavy atom. The van der Waals surface area contributed by atoms with Crippen LogP contribution in [0, 0.1) is 5.92 Å². The largest absolute Gasteiger partial charge is 0.340 e. The lowest BCUT2D eigenvalue weighted by Gasteiger charge is -2.50. The number of nitrogens with one attached hydrogen (secondary N) is 1.